The van der Waals surface area contributed by atoms with Crippen LogP contribution in [0.25, 0.3) is 0 Å². The average Bonchev–Trinajstić information content (AvgIpc) is 2.93. The summed E-state index contributed by atoms with van der Waals surface area (Å²) >= 11 is 0. The first-order chi connectivity index (χ1) is 12.2. The summed E-state index contributed by atoms with van der Waals surface area (Å²) in [5.74, 6) is 1.24. The second-order valence-electron chi connectivity index (χ2n) is 7.05. The zero-order chi connectivity index (χ0) is 17.2. The molecule has 2 unspecified atom stereocenters. The van der Waals surface area contributed by atoms with Crippen LogP contribution in [0.15, 0.2) is 35.0 Å². The SMILES string of the molecule is CCc1cc(CN2CC3CCC(C2)N(Cc2ccccn2)C3=O)on1. The lowest BCUT2D eigenvalue weighted by Gasteiger charge is -2.35. The van der Waals surface area contributed by atoms with Gasteiger partial charge in [0.2, 0.25) is 5.91 Å². The van der Waals surface area contributed by atoms with Gasteiger partial charge in [0.05, 0.1) is 30.4 Å². The molecule has 2 bridgehead atoms. The zero-order valence-electron chi connectivity index (χ0n) is 14.6. The number of rotatable bonds is 5. The number of aryl methyl sites for hydroxylation is 1. The average molecular weight is 340 g/mol. The molecule has 2 aromatic heterocycles. The van der Waals surface area contributed by atoms with E-state index in [9.17, 15) is 4.79 Å². The van der Waals surface area contributed by atoms with Crippen molar-refractivity contribution >= 4 is 5.91 Å². The smallest absolute Gasteiger partial charge is 0.227 e. The van der Waals surface area contributed by atoms with E-state index in [1.807, 2.05) is 29.2 Å². The molecule has 2 aromatic rings. The summed E-state index contributed by atoms with van der Waals surface area (Å²) in [4.78, 5) is 21.7. The molecule has 6 heteroatoms. The third-order valence-corrected chi connectivity index (χ3v) is 5.28. The molecule has 25 heavy (non-hydrogen) atoms. The number of pyridine rings is 1. The number of amides is 1. The second-order valence-corrected chi connectivity index (χ2v) is 7.05. The van der Waals surface area contributed by atoms with Crippen LogP contribution in [0.2, 0.25) is 0 Å². The van der Waals surface area contributed by atoms with E-state index in [1.54, 1.807) is 6.20 Å². The lowest BCUT2D eigenvalue weighted by atomic mass is 9.94. The van der Waals surface area contributed by atoms with Gasteiger partial charge in [0.15, 0.2) is 5.76 Å². The molecule has 0 aliphatic carbocycles. The molecule has 0 saturated carbocycles. The van der Waals surface area contributed by atoms with Crippen LogP contribution in [-0.2, 0) is 24.3 Å². The maximum Gasteiger partial charge on any atom is 0.227 e. The van der Waals surface area contributed by atoms with Gasteiger partial charge in [-0.2, -0.15) is 0 Å². The van der Waals surface area contributed by atoms with Crippen LogP contribution in [0.5, 0.6) is 0 Å². The molecule has 5 rings (SSSR count). The predicted molar refractivity (Wildman–Crippen MR) is 92.5 cm³/mol. The molecule has 3 aliphatic heterocycles. The van der Waals surface area contributed by atoms with Gasteiger partial charge in [-0.3, -0.25) is 14.7 Å². The normalized spacial score (nSPS) is 23.9. The van der Waals surface area contributed by atoms with Gasteiger partial charge in [-0.25, -0.2) is 0 Å². The van der Waals surface area contributed by atoms with Crippen LogP contribution >= 0.6 is 0 Å². The Morgan fingerprint density at radius 1 is 1.20 bits per heavy atom. The minimum atomic E-state index is 0.0797. The largest absolute Gasteiger partial charge is 0.360 e. The van der Waals surface area contributed by atoms with Crippen molar-refractivity contribution in [3.05, 3.63) is 47.6 Å². The maximum absolute atomic E-state index is 12.9. The molecule has 0 N–H and O–H groups in total. The van der Waals surface area contributed by atoms with E-state index in [0.717, 1.165) is 56.0 Å². The van der Waals surface area contributed by atoms with E-state index in [0.29, 0.717) is 6.54 Å². The van der Waals surface area contributed by atoms with Gasteiger partial charge < -0.3 is 9.42 Å². The fourth-order valence-electron chi connectivity index (χ4n) is 3.95. The topological polar surface area (TPSA) is 62.5 Å². The first kappa shape index (κ1) is 16.3. The van der Waals surface area contributed by atoms with Gasteiger partial charge in [0.25, 0.3) is 0 Å². The van der Waals surface area contributed by atoms with Crippen molar-refractivity contribution in [1.82, 2.24) is 19.9 Å². The zero-order valence-corrected chi connectivity index (χ0v) is 14.6. The van der Waals surface area contributed by atoms with Gasteiger partial charge in [-0.15, -0.1) is 0 Å². The summed E-state index contributed by atoms with van der Waals surface area (Å²) in [6.07, 6.45) is 4.72. The molecule has 3 fully saturated rings. The first-order valence-corrected chi connectivity index (χ1v) is 9.10. The van der Waals surface area contributed by atoms with Crippen LogP contribution in [0.4, 0.5) is 0 Å². The van der Waals surface area contributed by atoms with Crippen molar-refractivity contribution in [3.8, 4) is 0 Å². The van der Waals surface area contributed by atoms with Gasteiger partial charge in [-0.1, -0.05) is 18.1 Å². The van der Waals surface area contributed by atoms with Crippen LogP contribution < -0.4 is 0 Å². The van der Waals surface area contributed by atoms with E-state index >= 15 is 0 Å². The molecular formula is C19H24N4O2. The number of aromatic nitrogens is 2. The Hall–Kier alpha value is -2.21. The summed E-state index contributed by atoms with van der Waals surface area (Å²) in [6.45, 7) is 5.09. The molecule has 0 radical (unpaired) electrons. The minimum Gasteiger partial charge on any atom is -0.360 e. The minimum absolute atomic E-state index is 0.0797. The fourth-order valence-corrected chi connectivity index (χ4v) is 3.95. The molecule has 132 valence electrons. The van der Waals surface area contributed by atoms with Gasteiger partial charge in [0, 0.05) is 31.4 Å². The van der Waals surface area contributed by atoms with Crippen LogP contribution in [-0.4, -0.2) is 45.0 Å². The summed E-state index contributed by atoms with van der Waals surface area (Å²) in [7, 11) is 0. The Morgan fingerprint density at radius 3 is 2.88 bits per heavy atom. The van der Waals surface area contributed by atoms with Crippen LogP contribution in [0.1, 0.15) is 36.9 Å². The highest BCUT2D eigenvalue weighted by molar-refractivity contribution is 5.80. The Kier molecular flexibility index (Phi) is 4.53. The summed E-state index contributed by atoms with van der Waals surface area (Å²) in [5, 5.41) is 4.08. The van der Waals surface area contributed by atoms with Crippen molar-refractivity contribution in [2.24, 2.45) is 5.92 Å². The quantitative estimate of drug-likeness (QED) is 0.835. The third kappa shape index (κ3) is 3.44. The standard InChI is InChI=1S/C19H24N4O2/c1-2-15-9-18(25-21-15)13-22-10-14-6-7-17(12-22)23(19(14)24)11-16-5-3-4-8-20-16/h3-5,8-9,14,17H,2,6-7,10-13H2,1H3. The highest BCUT2D eigenvalue weighted by Crippen LogP contribution is 2.30. The molecule has 0 spiro atoms. The molecule has 5 heterocycles. The Balaban J connectivity index is 1.48. The number of carbonyl (C=O) groups is 1. The monoisotopic (exact) mass is 340 g/mol. The van der Waals surface area contributed by atoms with Gasteiger partial charge in [-0.05, 0) is 31.4 Å². The number of hydrogen-bond acceptors (Lipinski definition) is 5. The lowest BCUT2D eigenvalue weighted by molar-refractivity contribution is -0.140. The maximum atomic E-state index is 12.9. The van der Waals surface area contributed by atoms with E-state index < -0.39 is 0 Å². The van der Waals surface area contributed by atoms with E-state index in [2.05, 4.69) is 22.0 Å². The predicted octanol–water partition coefficient (Wildman–Crippen LogP) is 2.25. The molecular weight excluding hydrogens is 316 g/mol. The van der Waals surface area contributed by atoms with Crippen LogP contribution in [0.3, 0.4) is 0 Å². The van der Waals surface area contributed by atoms with E-state index in [4.69, 9.17) is 4.52 Å². The molecule has 2 atom stereocenters. The van der Waals surface area contributed by atoms with Gasteiger partial charge in [0.1, 0.15) is 0 Å². The van der Waals surface area contributed by atoms with Crippen LogP contribution in [0, 0.1) is 5.92 Å². The second kappa shape index (κ2) is 6.96. The number of hydrogen-bond donors (Lipinski definition) is 0. The van der Waals surface area contributed by atoms with E-state index in [1.165, 1.54) is 0 Å². The number of nitrogens with zero attached hydrogens (tertiary/aromatic N) is 4. The number of fused-ring (bicyclic) bond motifs is 4. The number of carbonyl (C=O) groups excluding carboxylic acids is 1. The highest BCUT2D eigenvalue weighted by Gasteiger charge is 2.40. The Labute approximate surface area is 147 Å². The van der Waals surface area contributed by atoms with Crippen molar-refractivity contribution < 1.29 is 9.32 Å². The molecule has 6 nitrogen and oxygen atoms in total. The summed E-state index contributed by atoms with van der Waals surface area (Å²) < 4.78 is 5.44. The van der Waals surface area contributed by atoms with Crippen molar-refractivity contribution in [2.45, 2.75) is 45.3 Å². The summed E-state index contributed by atoms with van der Waals surface area (Å²) in [6, 6.07) is 8.15. The van der Waals surface area contributed by atoms with Crippen molar-refractivity contribution in [1.29, 1.82) is 0 Å². The number of piperidine rings is 1. The summed E-state index contributed by atoms with van der Waals surface area (Å²) in [5.41, 5.74) is 1.94. The van der Waals surface area contributed by atoms with Gasteiger partial charge >= 0.3 is 0 Å². The Bertz CT molecular complexity index is 730. The molecule has 1 amide bonds. The fraction of sp³-hybridized carbons (Fsp3) is 0.526. The third-order valence-electron chi connectivity index (χ3n) is 5.28. The van der Waals surface area contributed by atoms with Crippen molar-refractivity contribution in [3.63, 3.8) is 0 Å². The molecule has 0 aromatic carbocycles. The first-order valence-electron chi connectivity index (χ1n) is 9.10. The lowest BCUT2D eigenvalue weighted by Crippen LogP contribution is -2.47. The molecule has 3 aliphatic rings. The molecule has 3 saturated heterocycles. The Morgan fingerprint density at radius 2 is 2.12 bits per heavy atom. The van der Waals surface area contributed by atoms with E-state index in [-0.39, 0.29) is 17.9 Å². The van der Waals surface area contributed by atoms with Crippen molar-refractivity contribution in [2.75, 3.05) is 13.1 Å². The highest BCUT2D eigenvalue weighted by atomic mass is 16.5.